The number of rotatable bonds is 3. The Labute approximate surface area is 102 Å². The molecule has 3 heteroatoms. The number of hydrogen-bond donors (Lipinski definition) is 0. The van der Waals surface area contributed by atoms with Gasteiger partial charge >= 0.3 is 0 Å². The van der Waals surface area contributed by atoms with E-state index in [-0.39, 0.29) is 11.9 Å². The summed E-state index contributed by atoms with van der Waals surface area (Å²) in [5.74, 6) is 0.721. The molecule has 17 heavy (non-hydrogen) atoms. The van der Waals surface area contributed by atoms with E-state index in [1.807, 2.05) is 25.1 Å². The van der Waals surface area contributed by atoms with E-state index in [2.05, 4.69) is 0 Å². The smallest absolute Gasteiger partial charge is 0.163 e. The minimum atomic E-state index is 0.0421. The Kier molecular flexibility index (Phi) is 3.79. The van der Waals surface area contributed by atoms with Gasteiger partial charge in [-0.05, 0) is 38.8 Å². The summed E-state index contributed by atoms with van der Waals surface area (Å²) >= 11 is 0. The fourth-order valence-electron chi connectivity index (χ4n) is 2.01. The average molecular weight is 234 g/mol. The van der Waals surface area contributed by atoms with Crippen molar-refractivity contribution in [3.05, 3.63) is 29.3 Å². The zero-order chi connectivity index (χ0) is 12.3. The number of ether oxygens (including phenoxy) is 2. The molecule has 1 fully saturated rings. The molecule has 0 spiro atoms. The Morgan fingerprint density at radius 2 is 2.29 bits per heavy atom. The van der Waals surface area contributed by atoms with Gasteiger partial charge in [0.2, 0.25) is 0 Å². The van der Waals surface area contributed by atoms with Gasteiger partial charge in [0.15, 0.2) is 5.78 Å². The van der Waals surface area contributed by atoms with E-state index in [0.29, 0.717) is 17.9 Å². The maximum atomic E-state index is 11.5. The van der Waals surface area contributed by atoms with E-state index in [0.717, 1.165) is 25.0 Å². The van der Waals surface area contributed by atoms with E-state index < -0.39 is 0 Å². The summed E-state index contributed by atoms with van der Waals surface area (Å²) in [6, 6.07) is 5.72. The number of benzene rings is 1. The maximum Gasteiger partial charge on any atom is 0.163 e. The zero-order valence-corrected chi connectivity index (χ0v) is 10.4. The topological polar surface area (TPSA) is 35.5 Å². The maximum absolute atomic E-state index is 11.5. The van der Waals surface area contributed by atoms with Gasteiger partial charge in [-0.3, -0.25) is 4.79 Å². The van der Waals surface area contributed by atoms with Gasteiger partial charge in [0.25, 0.3) is 0 Å². The molecular formula is C14H18O3. The Morgan fingerprint density at radius 3 is 2.94 bits per heavy atom. The number of carbonyl (C=O) groups is 1. The molecule has 0 aromatic heterocycles. The van der Waals surface area contributed by atoms with E-state index in [4.69, 9.17) is 9.47 Å². The van der Waals surface area contributed by atoms with Gasteiger partial charge in [-0.1, -0.05) is 11.6 Å². The van der Waals surface area contributed by atoms with Crippen LogP contribution in [0, 0.1) is 6.92 Å². The van der Waals surface area contributed by atoms with Gasteiger partial charge in [-0.15, -0.1) is 0 Å². The third-order valence-corrected chi connectivity index (χ3v) is 2.93. The Balaban J connectivity index is 2.16. The second kappa shape index (κ2) is 5.32. The van der Waals surface area contributed by atoms with Crippen LogP contribution in [0.3, 0.4) is 0 Å². The number of ketones is 1. The van der Waals surface area contributed by atoms with E-state index >= 15 is 0 Å². The Morgan fingerprint density at radius 1 is 1.47 bits per heavy atom. The summed E-state index contributed by atoms with van der Waals surface area (Å²) < 4.78 is 11.2. The quantitative estimate of drug-likeness (QED) is 0.754. The SMILES string of the molecule is CC(=O)c1cc(C)ccc1OC1CCCOC1. The molecule has 2 rings (SSSR count). The van der Waals surface area contributed by atoms with Crippen LogP contribution in [-0.2, 0) is 4.74 Å². The summed E-state index contributed by atoms with van der Waals surface area (Å²) in [4.78, 5) is 11.5. The fraction of sp³-hybridized carbons (Fsp3) is 0.500. The number of carbonyl (C=O) groups excluding carboxylic acids is 1. The normalized spacial score (nSPS) is 20.0. The second-order valence-corrected chi connectivity index (χ2v) is 4.51. The second-order valence-electron chi connectivity index (χ2n) is 4.51. The Hall–Kier alpha value is -1.35. The molecule has 0 aliphatic carbocycles. The highest BCUT2D eigenvalue weighted by atomic mass is 16.5. The molecule has 1 aliphatic heterocycles. The van der Waals surface area contributed by atoms with Gasteiger partial charge in [0.05, 0.1) is 12.2 Å². The molecule has 0 N–H and O–H groups in total. The minimum Gasteiger partial charge on any atom is -0.487 e. The summed E-state index contributed by atoms with van der Waals surface area (Å²) in [6.07, 6.45) is 2.08. The number of hydrogen-bond acceptors (Lipinski definition) is 3. The van der Waals surface area contributed by atoms with Crippen LogP contribution < -0.4 is 4.74 Å². The molecule has 3 nitrogen and oxygen atoms in total. The monoisotopic (exact) mass is 234 g/mol. The van der Waals surface area contributed by atoms with Gasteiger partial charge in [-0.2, -0.15) is 0 Å². The predicted molar refractivity (Wildman–Crippen MR) is 65.7 cm³/mol. The first-order chi connectivity index (χ1) is 8.16. The molecule has 1 heterocycles. The van der Waals surface area contributed by atoms with E-state index in [1.54, 1.807) is 6.92 Å². The first kappa shape index (κ1) is 12.1. The van der Waals surface area contributed by atoms with Crippen molar-refractivity contribution < 1.29 is 14.3 Å². The molecule has 1 aliphatic rings. The number of aryl methyl sites for hydroxylation is 1. The molecule has 0 radical (unpaired) electrons. The lowest BCUT2D eigenvalue weighted by Gasteiger charge is -2.24. The van der Waals surface area contributed by atoms with Crippen LogP contribution in [0.5, 0.6) is 5.75 Å². The van der Waals surface area contributed by atoms with Crippen LogP contribution in [0.4, 0.5) is 0 Å². The highest BCUT2D eigenvalue weighted by Crippen LogP contribution is 2.23. The first-order valence-corrected chi connectivity index (χ1v) is 6.03. The van der Waals surface area contributed by atoms with Crippen molar-refractivity contribution in [2.75, 3.05) is 13.2 Å². The van der Waals surface area contributed by atoms with Crippen LogP contribution in [0.2, 0.25) is 0 Å². The lowest BCUT2D eigenvalue weighted by molar-refractivity contribution is 0.00711. The molecule has 1 aromatic rings. The Bertz CT molecular complexity index is 406. The van der Waals surface area contributed by atoms with Gasteiger partial charge in [0.1, 0.15) is 11.9 Å². The van der Waals surface area contributed by atoms with Crippen LogP contribution in [0.15, 0.2) is 18.2 Å². The lowest BCUT2D eigenvalue weighted by Crippen LogP contribution is -2.28. The van der Waals surface area contributed by atoms with Gasteiger partial charge in [-0.25, -0.2) is 0 Å². The summed E-state index contributed by atoms with van der Waals surface area (Å²) in [6.45, 7) is 4.97. The third kappa shape index (κ3) is 3.07. The van der Waals surface area contributed by atoms with Crippen LogP contribution in [-0.4, -0.2) is 25.1 Å². The largest absolute Gasteiger partial charge is 0.487 e. The molecular weight excluding hydrogens is 216 g/mol. The summed E-state index contributed by atoms with van der Waals surface area (Å²) in [7, 11) is 0. The lowest BCUT2D eigenvalue weighted by atomic mass is 10.1. The van der Waals surface area contributed by atoms with Gasteiger partial charge in [0, 0.05) is 6.61 Å². The third-order valence-electron chi connectivity index (χ3n) is 2.93. The zero-order valence-electron chi connectivity index (χ0n) is 10.4. The van der Waals surface area contributed by atoms with Crippen LogP contribution in [0.1, 0.15) is 35.7 Å². The van der Waals surface area contributed by atoms with Crippen molar-refractivity contribution in [2.45, 2.75) is 32.8 Å². The molecule has 1 saturated heterocycles. The van der Waals surface area contributed by atoms with Crippen molar-refractivity contribution >= 4 is 5.78 Å². The van der Waals surface area contributed by atoms with E-state index in [1.165, 1.54) is 0 Å². The molecule has 0 saturated carbocycles. The van der Waals surface area contributed by atoms with Crippen molar-refractivity contribution in [1.82, 2.24) is 0 Å². The molecule has 0 bridgehead atoms. The highest BCUT2D eigenvalue weighted by molar-refractivity contribution is 5.97. The van der Waals surface area contributed by atoms with Crippen molar-refractivity contribution in [1.29, 1.82) is 0 Å². The standard InChI is InChI=1S/C14H18O3/c1-10-5-6-14(13(8-10)11(2)15)17-12-4-3-7-16-9-12/h5-6,8,12H,3-4,7,9H2,1-2H3. The van der Waals surface area contributed by atoms with Crippen molar-refractivity contribution in [3.8, 4) is 5.75 Å². The molecule has 0 amide bonds. The fourth-order valence-corrected chi connectivity index (χ4v) is 2.01. The summed E-state index contributed by atoms with van der Waals surface area (Å²) in [5, 5.41) is 0. The van der Waals surface area contributed by atoms with E-state index in [9.17, 15) is 4.79 Å². The van der Waals surface area contributed by atoms with Crippen LogP contribution >= 0.6 is 0 Å². The highest BCUT2D eigenvalue weighted by Gasteiger charge is 2.18. The summed E-state index contributed by atoms with van der Waals surface area (Å²) in [5.41, 5.74) is 1.73. The molecule has 1 unspecified atom stereocenters. The van der Waals surface area contributed by atoms with Crippen LogP contribution in [0.25, 0.3) is 0 Å². The first-order valence-electron chi connectivity index (χ1n) is 6.03. The average Bonchev–Trinajstić information content (AvgIpc) is 2.32. The molecule has 92 valence electrons. The minimum absolute atomic E-state index is 0.0421. The predicted octanol–water partition coefficient (Wildman–Crippen LogP) is 2.76. The molecule has 1 aromatic carbocycles. The van der Waals surface area contributed by atoms with Crippen molar-refractivity contribution in [2.24, 2.45) is 0 Å². The van der Waals surface area contributed by atoms with Gasteiger partial charge < -0.3 is 9.47 Å². The molecule has 1 atom stereocenters. The number of Topliss-reactive ketones (excluding diaryl/α,β-unsaturated/α-hetero) is 1. The van der Waals surface area contributed by atoms with Crippen molar-refractivity contribution in [3.63, 3.8) is 0 Å².